The molecule has 1 atom stereocenters. The van der Waals surface area contributed by atoms with Crippen LogP contribution in [0.1, 0.15) is 16.8 Å². The standard InChI is InChI=1S/C13H17NO6/c1-19-8-3-4-9(11(7-8)20-2)12(16)14-6-5-10(15)13(17)18/h3-4,7,10,15H,5-6H2,1-2H3,(H,14,16)(H,17,18). The van der Waals surface area contributed by atoms with Crippen LogP contribution in [0.4, 0.5) is 0 Å². The lowest BCUT2D eigenvalue weighted by atomic mass is 10.1. The van der Waals surface area contributed by atoms with Crippen molar-refractivity contribution in [1.82, 2.24) is 5.32 Å². The summed E-state index contributed by atoms with van der Waals surface area (Å²) in [5, 5.41) is 20.1. The molecule has 1 aromatic carbocycles. The van der Waals surface area contributed by atoms with E-state index in [2.05, 4.69) is 5.32 Å². The summed E-state index contributed by atoms with van der Waals surface area (Å²) >= 11 is 0. The van der Waals surface area contributed by atoms with Crippen LogP contribution in [0.15, 0.2) is 18.2 Å². The molecule has 110 valence electrons. The number of carbonyl (C=O) groups excluding carboxylic acids is 1. The zero-order valence-electron chi connectivity index (χ0n) is 11.3. The van der Waals surface area contributed by atoms with Gasteiger partial charge in [-0.1, -0.05) is 0 Å². The predicted molar refractivity (Wildman–Crippen MR) is 70.1 cm³/mol. The molecular formula is C13H17NO6. The van der Waals surface area contributed by atoms with Gasteiger partial charge < -0.3 is 25.0 Å². The lowest BCUT2D eigenvalue weighted by Gasteiger charge is -2.11. The Morgan fingerprint density at radius 3 is 2.55 bits per heavy atom. The van der Waals surface area contributed by atoms with Crippen molar-refractivity contribution in [2.75, 3.05) is 20.8 Å². The van der Waals surface area contributed by atoms with E-state index in [1.165, 1.54) is 14.2 Å². The minimum absolute atomic E-state index is 0.0431. The first-order valence-corrected chi connectivity index (χ1v) is 5.90. The Bertz CT molecular complexity index is 488. The van der Waals surface area contributed by atoms with Crippen molar-refractivity contribution < 1.29 is 29.3 Å². The van der Waals surface area contributed by atoms with Crippen LogP contribution >= 0.6 is 0 Å². The van der Waals surface area contributed by atoms with E-state index in [0.717, 1.165) is 0 Å². The molecule has 1 rings (SSSR count). The Hall–Kier alpha value is -2.28. The largest absolute Gasteiger partial charge is 0.497 e. The van der Waals surface area contributed by atoms with Gasteiger partial charge in [-0.15, -0.1) is 0 Å². The van der Waals surface area contributed by atoms with Gasteiger partial charge in [0.05, 0.1) is 19.8 Å². The van der Waals surface area contributed by atoms with Gasteiger partial charge in [0.1, 0.15) is 11.5 Å². The third kappa shape index (κ3) is 4.13. The molecule has 7 heteroatoms. The third-order valence-electron chi connectivity index (χ3n) is 2.64. The van der Waals surface area contributed by atoms with E-state index in [0.29, 0.717) is 17.1 Å². The molecule has 7 nitrogen and oxygen atoms in total. The second-order valence-electron chi connectivity index (χ2n) is 3.96. The highest BCUT2D eigenvalue weighted by molar-refractivity contribution is 5.97. The van der Waals surface area contributed by atoms with E-state index in [1.54, 1.807) is 18.2 Å². The summed E-state index contributed by atoms with van der Waals surface area (Å²) in [6.07, 6.45) is -1.56. The van der Waals surface area contributed by atoms with E-state index in [-0.39, 0.29) is 13.0 Å². The van der Waals surface area contributed by atoms with Crippen LogP contribution in [-0.2, 0) is 4.79 Å². The van der Waals surface area contributed by atoms with Crippen LogP contribution in [0.2, 0.25) is 0 Å². The summed E-state index contributed by atoms with van der Waals surface area (Å²) in [7, 11) is 2.93. The van der Waals surface area contributed by atoms with Gasteiger partial charge in [0, 0.05) is 19.0 Å². The molecule has 0 aliphatic carbocycles. The first-order chi connectivity index (χ1) is 9.49. The number of methoxy groups -OCH3 is 2. The maximum absolute atomic E-state index is 11.9. The molecule has 0 saturated heterocycles. The number of hydrogen-bond acceptors (Lipinski definition) is 5. The zero-order chi connectivity index (χ0) is 15.1. The molecule has 0 aliphatic heterocycles. The molecule has 3 N–H and O–H groups in total. The fraction of sp³-hybridized carbons (Fsp3) is 0.385. The molecule has 0 aliphatic rings. The molecule has 1 unspecified atom stereocenters. The normalized spacial score (nSPS) is 11.6. The van der Waals surface area contributed by atoms with Gasteiger partial charge in [-0.25, -0.2) is 4.79 Å². The molecule has 0 saturated carbocycles. The molecule has 20 heavy (non-hydrogen) atoms. The first kappa shape index (κ1) is 15.8. The third-order valence-corrected chi connectivity index (χ3v) is 2.64. The van der Waals surface area contributed by atoms with Crippen LogP contribution in [0.25, 0.3) is 0 Å². The Morgan fingerprint density at radius 1 is 1.30 bits per heavy atom. The fourth-order valence-corrected chi connectivity index (χ4v) is 1.53. The average molecular weight is 283 g/mol. The van der Waals surface area contributed by atoms with E-state index >= 15 is 0 Å². The fourth-order valence-electron chi connectivity index (χ4n) is 1.53. The smallest absolute Gasteiger partial charge is 0.332 e. The number of aliphatic hydroxyl groups is 1. The monoisotopic (exact) mass is 283 g/mol. The van der Waals surface area contributed by atoms with E-state index in [1.807, 2.05) is 0 Å². The number of rotatable bonds is 7. The topological polar surface area (TPSA) is 105 Å². The van der Waals surface area contributed by atoms with Crippen LogP contribution < -0.4 is 14.8 Å². The Labute approximate surface area is 116 Å². The van der Waals surface area contributed by atoms with Gasteiger partial charge in [0.2, 0.25) is 0 Å². The number of ether oxygens (including phenoxy) is 2. The molecule has 1 amide bonds. The number of aliphatic carboxylic acids is 1. The van der Waals surface area contributed by atoms with E-state index < -0.39 is 18.0 Å². The number of hydrogen-bond donors (Lipinski definition) is 3. The SMILES string of the molecule is COc1ccc(C(=O)NCCC(O)C(=O)O)c(OC)c1. The quantitative estimate of drug-likeness (QED) is 0.663. The number of amides is 1. The van der Waals surface area contributed by atoms with E-state index in [9.17, 15) is 9.59 Å². The maximum Gasteiger partial charge on any atom is 0.332 e. The zero-order valence-corrected chi connectivity index (χ0v) is 11.3. The highest BCUT2D eigenvalue weighted by atomic mass is 16.5. The first-order valence-electron chi connectivity index (χ1n) is 5.90. The minimum atomic E-state index is -1.49. The van der Waals surface area contributed by atoms with Crippen molar-refractivity contribution in [1.29, 1.82) is 0 Å². The lowest BCUT2D eigenvalue weighted by Crippen LogP contribution is -2.30. The Morgan fingerprint density at radius 2 is 2.00 bits per heavy atom. The van der Waals surface area contributed by atoms with Crippen LogP contribution in [0.5, 0.6) is 11.5 Å². The average Bonchev–Trinajstić information content (AvgIpc) is 2.45. The summed E-state index contributed by atoms with van der Waals surface area (Å²) < 4.78 is 10.1. The van der Waals surface area contributed by atoms with Crippen molar-refractivity contribution in [3.05, 3.63) is 23.8 Å². The highest BCUT2D eigenvalue weighted by Crippen LogP contribution is 2.24. The summed E-state index contributed by atoms with van der Waals surface area (Å²) in [6, 6.07) is 4.73. The van der Waals surface area contributed by atoms with Gasteiger partial charge in [0.15, 0.2) is 6.10 Å². The molecule has 0 radical (unpaired) electrons. The second kappa shape index (κ2) is 7.34. The van der Waals surface area contributed by atoms with Crippen LogP contribution in [-0.4, -0.2) is 49.0 Å². The van der Waals surface area contributed by atoms with Crippen LogP contribution in [0.3, 0.4) is 0 Å². The Kier molecular flexibility index (Phi) is 5.79. The van der Waals surface area contributed by atoms with Gasteiger partial charge >= 0.3 is 5.97 Å². The number of aliphatic hydroxyl groups excluding tert-OH is 1. The highest BCUT2D eigenvalue weighted by Gasteiger charge is 2.15. The number of benzene rings is 1. The van der Waals surface area contributed by atoms with Gasteiger partial charge in [-0.05, 0) is 12.1 Å². The predicted octanol–water partition coefficient (Wildman–Crippen LogP) is 0.269. The maximum atomic E-state index is 11.9. The molecule has 0 spiro atoms. The molecule has 0 fully saturated rings. The summed E-state index contributed by atoms with van der Waals surface area (Å²) in [5.74, 6) is -0.830. The molecule has 1 aromatic rings. The van der Waals surface area contributed by atoms with Crippen molar-refractivity contribution in [2.45, 2.75) is 12.5 Å². The van der Waals surface area contributed by atoms with Crippen molar-refractivity contribution >= 4 is 11.9 Å². The summed E-state index contributed by atoms with van der Waals surface area (Å²) in [4.78, 5) is 22.3. The molecular weight excluding hydrogens is 266 g/mol. The lowest BCUT2D eigenvalue weighted by molar-refractivity contribution is -0.146. The number of carbonyl (C=O) groups is 2. The van der Waals surface area contributed by atoms with Crippen molar-refractivity contribution in [3.8, 4) is 11.5 Å². The van der Waals surface area contributed by atoms with Crippen LogP contribution in [0, 0.1) is 0 Å². The van der Waals surface area contributed by atoms with E-state index in [4.69, 9.17) is 19.7 Å². The van der Waals surface area contributed by atoms with Gasteiger partial charge in [0.25, 0.3) is 5.91 Å². The van der Waals surface area contributed by atoms with Gasteiger partial charge in [-0.2, -0.15) is 0 Å². The minimum Gasteiger partial charge on any atom is -0.497 e. The molecule has 0 bridgehead atoms. The second-order valence-corrected chi connectivity index (χ2v) is 3.96. The number of carboxylic acids is 1. The summed E-state index contributed by atoms with van der Waals surface area (Å²) in [5.41, 5.74) is 0.304. The van der Waals surface area contributed by atoms with Gasteiger partial charge in [-0.3, -0.25) is 4.79 Å². The molecule has 0 aromatic heterocycles. The Balaban J connectivity index is 2.65. The number of carboxylic acid groups (broad SMARTS) is 1. The number of nitrogens with one attached hydrogen (secondary N) is 1. The molecule has 0 heterocycles. The summed E-state index contributed by atoms with van der Waals surface area (Å²) in [6.45, 7) is 0.0431. The van der Waals surface area contributed by atoms with Crippen molar-refractivity contribution in [2.24, 2.45) is 0 Å². The van der Waals surface area contributed by atoms with Crippen molar-refractivity contribution in [3.63, 3.8) is 0 Å².